The zero-order chi connectivity index (χ0) is 11.6. The van der Waals surface area contributed by atoms with E-state index in [-0.39, 0.29) is 5.54 Å². The smallest absolute Gasteiger partial charge is 0.214 e. The Hall–Kier alpha value is -1.29. The first-order valence-electron chi connectivity index (χ1n) is 5.67. The molecule has 0 amide bonds. The molecule has 1 fully saturated rings. The van der Waals surface area contributed by atoms with Crippen molar-refractivity contribution in [1.29, 1.82) is 0 Å². The molecule has 1 aromatic heterocycles. The molecule has 3 N–H and O–H groups in total. The van der Waals surface area contributed by atoms with E-state index in [1.165, 1.54) is 12.8 Å². The Morgan fingerprint density at radius 2 is 2.31 bits per heavy atom. The monoisotopic (exact) mass is 221 g/mol. The van der Waals surface area contributed by atoms with Crippen LogP contribution in [0, 0.1) is 5.92 Å². The highest BCUT2D eigenvalue weighted by Crippen LogP contribution is 2.40. The van der Waals surface area contributed by atoms with Crippen molar-refractivity contribution in [1.82, 2.24) is 4.98 Å². The lowest BCUT2D eigenvalue weighted by Gasteiger charge is -2.30. The molecule has 1 heterocycles. The predicted molar refractivity (Wildman–Crippen MR) is 64.6 cm³/mol. The van der Waals surface area contributed by atoms with Crippen molar-refractivity contribution in [2.24, 2.45) is 11.7 Å². The molecule has 1 saturated carbocycles. The zero-order valence-electron chi connectivity index (χ0n) is 9.86. The van der Waals surface area contributed by atoms with Crippen LogP contribution in [0.15, 0.2) is 18.2 Å². The van der Waals surface area contributed by atoms with Crippen LogP contribution in [-0.2, 0) is 0 Å². The van der Waals surface area contributed by atoms with Gasteiger partial charge in [0.15, 0.2) is 0 Å². The Bertz CT molecular complexity index is 365. The van der Waals surface area contributed by atoms with E-state index in [0.29, 0.717) is 18.3 Å². The Labute approximate surface area is 96.2 Å². The van der Waals surface area contributed by atoms with Gasteiger partial charge >= 0.3 is 0 Å². The molecule has 16 heavy (non-hydrogen) atoms. The Morgan fingerprint density at radius 3 is 2.88 bits per heavy atom. The molecule has 0 bridgehead atoms. The van der Waals surface area contributed by atoms with Crippen LogP contribution in [0.5, 0.6) is 5.88 Å². The number of nitrogens with zero attached hydrogens (tertiary/aromatic N) is 1. The minimum atomic E-state index is -0.0423. The zero-order valence-corrected chi connectivity index (χ0v) is 9.86. The molecule has 1 unspecified atom stereocenters. The van der Waals surface area contributed by atoms with Gasteiger partial charge in [-0.15, -0.1) is 0 Å². The van der Waals surface area contributed by atoms with Gasteiger partial charge in [-0.3, -0.25) is 0 Å². The molecule has 1 aliphatic rings. The number of ether oxygens (including phenoxy) is 1. The first kappa shape index (κ1) is 11.2. The van der Waals surface area contributed by atoms with Crippen molar-refractivity contribution >= 4 is 5.82 Å². The third-order valence-corrected chi connectivity index (χ3v) is 3.25. The summed E-state index contributed by atoms with van der Waals surface area (Å²) >= 11 is 0. The second-order valence-electron chi connectivity index (χ2n) is 4.59. The van der Waals surface area contributed by atoms with Crippen LogP contribution in [0.25, 0.3) is 0 Å². The van der Waals surface area contributed by atoms with Gasteiger partial charge in [0, 0.05) is 12.6 Å². The van der Waals surface area contributed by atoms with Crippen molar-refractivity contribution in [3.05, 3.63) is 18.2 Å². The second kappa shape index (κ2) is 4.29. The van der Waals surface area contributed by atoms with Crippen molar-refractivity contribution in [3.63, 3.8) is 0 Å². The molecule has 0 radical (unpaired) electrons. The largest absolute Gasteiger partial charge is 0.481 e. The van der Waals surface area contributed by atoms with Gasteiger partial charge < -0.3 is 15.8 Å². The molecular weight excluding hydrogens is 202 g/mol. The summed E-state index contributed by atoms with van der Waals surface area (Å²) in [6, 6.07) is 5.71. The van der Waals surface area contributed by atoms with E-state index in [2.05, 4.69) is 17.2 Å². The molecule has 0 aromatic carbocycles. The van der Waals surface area contributed by atoms with Gasteiger partial charge in [0.2, 0.25) is 5.88 Å². The molecule has 0 saturated heterocycles. The highest BCUT2D eigenvalue weighted by atomic mass is 16.5. The van der Waals surface area contributed by atoms with Crippen molar-refractivity contribution in [2.45, 2.75) is 25.3 Å². The number of aromatic nitrogens is 1. The molecule has 0 aliphatic heterocycles. The van der Waals surface area contributed by atoms with E-state index >= 15 is 0 Å². The van der Waals surface area contributed by atoms with Crippen molar-refractivity contribution < 1.29 is 4.74 Å². The average Bonchev–Trinajstić information content (AvgIpc) is 3.13. The molecule has 2 rings (SSSR count). The predicted octanol–water partition coefficient (Wildman–Crippen LogP) is 1.63. The van der Waals surface area contributed by atoms with Gasteiger partial charge in [-0.05, 0) is 31.7 Å². The van der Waals surface area contributed by atoms with Crippen LogP contribution in [0.4, 0.5) is 5.82 Å². The van der Waals surface area contributed by atoms with Crippen LogP contribution in [0.1, 0.15) is 19.8 Å². The standard InChI is InChI=1S/C12H19N3O/c1-12(8-13,9-6-7-9)15-10-4-3-5-11(14-10)16-2/h3-5,9H,6-8,13H2,1-2H3,(H,14,15). The fourth-order valence-corrected chi connectivity index (χ4v) is 1.93. The maximum Gasteiger partial charge on any atom is 0.214 e. The van der Waals surface area contributed by atoms with E-state index in [4.69, 9.17) is 10.5 Å². The summed E-state index contributed by atoms with van der Waals surface area (Å²) in [5.74, 6) is 2.13. The second-order valence-corrected chi connectivity index (χ2v) is 4.59. The molecule has 4 heteroatoms. The fourth-order valence-electron chi connectivity index (χ4n) is 1.93. The van der Waals surface area contributed by atoms with Crippen molar-refractivity contribution in [3.8, 4) is 5.88 Å². The molecular formula is C12H19N3O. The number of pyridine rings is 1. The van der Waals surface area contributed by atoms with Crippen LogP contribution < -0.4 is 15.8 Å². The van der Waals surface area contributed by atoms with Crippen LogP contribution in [0.2, 0.25) is 0 Å². The lowest BCUT2D eigenvalue weighted by molar-refractivity contribution is 0.397. The number of rotatable bonds is 5. The molecule has 88 valence electrons. The summed E-state index contributed by atoms with van der Waals surface area (Å²) in [6.07, 6.45) is 2.51. The topological polar surface area (TPSA) is 60.2 Å². The first-order valence-corrected chi connectivity index (χ1v) is 5.67. The number of nitrogens with two attached hydrogens (primary N) is 1. The Morgan fingerprint density at radius 1 is 1.56 bits per heavy atom. The van der Waals surface area contributed by atoms with E-state index in [0.717, 1.165) is 5.82 Å². The van der Waals surface area contributed by atoms with E-state index < -0.39 is 0 Å². The van der Waals surface area contributed by atoms with Gasteiger partial charge in [-0.25, -0.2) is 0 Å². The van der Waals surface area contributed by atoms with Gasteiger partial charge in [0.25, 0.3) is 0 Å². The van der Waals surface area contributed by atoms with Gasteiger partial charge in [0.1, 0.15) is 5.82 Å². The number of anilines is 1. The third kappa shape index (κ3) is 2.27. The number of hydrogen-bond donors (Lipinski definition) is 2. The molecule has 0 spiro atoms. The summed E-state index contributed by atoms with van der Waals surface area (Å²) in [4.78, 5) is 4.35. The lowest BCUT2D eigenvalue weighted by Crippen LogP contribution is -2.44. The van der Waals surface area contributed by atoms with Gasteiger partial charge in [-0.2, -0.15) is 4.98 Å². The summed E-state index contributed by atoms with van der Waals surface area (Å²) < 4.78 is 5.10. The van der Waals surface area contributed by atoms with Crippen LogP contribution in [-0.4, -0.2) is 24.2 Å². The normalized spacial score (nSPS) is 18.9. The molecule has 1 aliphatic carbocycles. The highest BCUT2D eigenvalue weighted by Gasteiger charge is 2.40. The third-order valence-electron chi connectivity index (χ3n) is 3.25. The maximum atomic E-state index is 5.84. The minimum absolute atomic E-state index is 0.0423. The minimum Gasteiger partial charge on any atom is -0.481 e. The van der Waals surface area contributed by atoms with Crippen LogP contribution in [0.3, 0.4) is 0 Å². The van der Waals surface area contributed by atoms with E-state index in [9.17, 15) is 0 Å². The molecule has 4 nitrogen and oxygen atoms in total. The summed E-state index contributed by atoms with van der Waals surface area (Å²) in [5, 5.41) is 3.43. The van der Waals surface area contributed by atoms with Gasteiger partial charge in [0.05, 0.1) is 12.6 Å². The molecule has 1 atom stereocenters. The highest BCUT2D eigenvalue weighted by molar-refractivity contribution is 5.40. The van der Waals surface area contributed by atoms with Gasteiger partial charge in [-0.1, -0.05) is 6.07 Å². The fraction of sp³-hybridized carbons (Fsp3) is 0.583. The summed E-state index contributed by atoms with van der Waals surface area (Å²) in [5.41, 5.74) is 5.80. The Balaban J connectivity index is 2.12. The number of nitrogens with one attached hydrogen (secondary N) is 1. The number of hydrogen-bond acceptors (Lipinski definition) is 4. The maximum absolute atomic E-state index is 5.84. The summed E-state index contributed by atoms with van der Waals surface area (Å²) in [6.45, 7) is 2.78. The van der Waals surface area contributed by atoms with Crippen LogP contribution >= 0.6 is 0 Å². The van der Waals surface area contributed by atoms with E-state index in [1.807, 2.05) is 18.2 Å². The SMILES string of the molecule is COc1cccc(NC(C)(CN)C2CC2)n1. The van der Waals surface area contributed by atoms with Crippen molar-refractivity contribution in [2.75, 3.05) is 19.0 Å². The molecule has 1 aromatic rings. The quantitative estimate of drug-likeness (QED) is 0.793. The Kier molecular flexibility index (Phi) is 3.01. The summed E-state index contributed by atoms with van der Waals surface area (Å²) in [7, 11) is 1.62. The number of methoxy groups -OCH3 is 1. The first-order chi connectivity index (χ1) is 7.68. The average molecular weight is 221 g/mol. The lowest BCUT2D eigenvalue weighted by atomic mass is 9.96. The van der Waals surface area contributed by atoms with E-state index in [1.54, 1.807) is 7.11 Å².